The van der Waals surface area contributed by atoms with Crippen molar-refractivity contribution in [1.29, 1.82) is 0 Å². The summed E-state index contributed by atoms with van der Waals surface area (Å²) in [6.07, 6.45) is 1.73. The van der Waals surface area contributed by atoms with Crippen molar-refractivity contribution >= 4 is 28.1 Å². The van der Waals surface area contributed by atoms with E-state index in [9.17, 15) is 4.79 Å². The molecular weight excluding hydrogens is 320 g/mol. The Labute approximate surface area is 145 Å². The van der Waals surface area contributed by atoms with Crippen LogP contribution in [0.3, 0.4) is 0 Å². The Morgan fingerprint density at radius 1 is 1.33 bits per heavy atom. The van der Waals surface area contributed by atoms with Crippen molar-refractivity contribution in [3.63, 3.8) is 0 Å². The number of para-hydroxylation sites is 1. The average Bonchev–Trinajstić information content (AvgIpc) is 3.29. The number of aromatic amines is 1. The number of likely N-dealkylation sites (N-methyl/N-ethyl adjacent to an activating group) is 1. The topological polar surface area (TPSA) is 61.0 Å². The number of carbonyl (C=O) groups excluding carboxylic acids is 1. The zero-order valence-corrected chi connectivity index (χ0v) is 14.8. The molecule has 0 bridgehead atoms. The van der Waals surface area contributed by atoms with E-state index in [0.29, 0.717) is 12.1 Å². The molecule has 3 rings (SSSR count). The Hall–Kier alpha value is -2.18. The Morgan fingerprint density at radius 2 is 2.17 bits per heavy atom. The summed E-state index contributed by atoms with van der Waals surface area (Å²) < 4.78 is 0. The van der Waals surface area contributed by atoms with Crippen molar-refractivity contribution in [2.75, 3.05) is 19.6 Å². The number of H-pyrrole nitrogens is 1. The van der Waals surface area contributed by atoms with Gasteiger partial charge < -0.3 is 5.32 Å². The molecule has 1 atom stereocenters. The van der Waals surface area contributed by atoms with Gasteiger partial charge in [-0.2, -0.15) is 16.4 Å². The molecule has 126 valence electrons. The summed E-state index contributed by atoms with van der Waals surface area (Å²) in [5.74, 6) is -0.0720. The van der Waals surface area contributed by atoms with Crippen LogP contribution in [0, 0.1) is 0 Å². The maximum absolute atomic E-state index is 12.7. The van der Waals surface area contributed by atoms with Crippen molar-refractivity contribution in [3.05, 3.63) is 52.3 Å². The lowest BCUT2D eigenvalue weighted by atomic mass is 10.1. The van der Waals surface area contributed by atoms with Gasteiger partial charge in [-0.3, -0.25) is 14.8 Å². The van der Waals surface area contributed by atoms with Gasteiger partial charge >= 0.3 is 0 Å². The molecule has 3 aromatic rings. The third-order valence-electron chi connectivity index (χ3n) is 4.36. The maximum atomic E-state index is 12.7. The van der Waals surface area contributed by atoms with Crippen LogP contribution >= 0.6 is 11.3 Å². The van der Waals surface area contributed by atoms with Crippen LogP contribution in [0.1, 0.15) is 35.8 Å². The minimum atomic E-state index is -0.0720. The summed E-state index contributed by atoms with van der Waals surface area (Å²) in [6, 6.07) is 7.98. The molecule has 0 aliphatic carbocycles. The van der Waals surface area contributed by atoms with Crippen molar-refractivity contribution in [2.24, 2.45) is 0 Å². The number of hydrogen-bond donors (Lipinski definition) is 2. The lowest BCUT2D eigenvalue weighted by Gasteiger charge is -2.29. The first-order valence-corrected chi connectivity index (χ1v) is 9.15. The number of benzene rings is 1. The Bertz CT molecular complexity index is 792. The van der Waals surface area contributed by atoms with E-state index < -0.39 is 0 Å². The normalized spacial score (nSPS) is 12.6. The van der Waals surface area contributed by atoms with Gasteiger partial charge in [-0.25, -0.2) is 0 Å². The molecule has 0 unspecified atom stereocenters. The standard InChI is InChI=1S/C18H22N4OS/c1-3-22(4-2)16(14-8-9-24-12-14)11-19-18(23)15-7-5-6-13-10-20-21-17(13)15/h5-10,12,16H,3-4,11H2,1-2H3,(H,19,23)(H,20,21)/t16-/m1/s1. The third kappa shape index (κ3) is 3.34. The molecule has 0 aliphatic rings. The summed E-state index contributed by atoms with van der Waals surface area (Å²) in [4.78, 5) is 15.0. The molecule has 6 heteroatoms. The second-order valence-electron chi connectivity index (χ2n) is 5.64. The molecule has 0 saturated heterocycles. The van der Waals surface area contributed by atoms with Crippen molar-refractivity contribution in [2.45, 2.75) is 19.9 Å². The number of hydrogen-bond acceptors (Lipinski definition) is 4. The number of thiophene rings is 1. The van der Waals surface area contributed by atoms with Crippen LogP contribution in [-0.4, -0.2) is 40.6 Å². The molecule has 0 radical (unpaired) electrons. The van der Waals surface area contributed by atoms with Gasteiger partial charge in [0.15, 0.2) is 0 Å². The number of amides is 1. The molecule has 24 heavy (non-hydrogen) atoms. The van der Waals surface area contributed by atoms with E-state index in [0.717, 1.165) is 24.0 Å². The minimum absolute atomic E-state index is 0.0720. The van der Waals surface area contributed by atoms with E-state index in [2.05, 4.69) is 51.1 Å². The van der Waals surface area contributed by atoms with Gasteiger partial charge in [-0.15, -0.1) is 0 Å². The second-order valence-corrected chi connectivity index (χ2v) is 6.42. The van der Waals surface area contributed by atoms with Crippen LogP contribution < -0.4 is 5.32 Å². The smallest absolute Gasteiger partial charge is 0.253 e. The molecule has 2 heterocycles. The van der Waals surface area contributed by atoms with E-state index >= 15 is 0 Å². The Kier molecular flexibility index (Phi) is 5.27. The van der Waals surface area contributed by atoms with Gasteiger partial charge in [0.1, 0.15) is 0 Å². The number of nitrogens with zero attached hydrogens (tertiary/aromatic N) is 2. The first-order valence-electron chi connectivity index (χ1n) is 8.21. The quantitative estimate of drug-likeness (QED) is 0.691. The molecule has 0 aliphatic heterocycles. The van der Waals surface area contributed by atoms with Crippen LogP contribution in [0.4, 0.5) is 0 Å². The predicted molar refractivity (Wildman–Crippen MR) is 98.4 cm³/mol. The van der Waals surface area contributed by atoms with Crippen LogP contribution in [-0.2, 0) is 0 Å². The van der Waals surface area contributed by atoms with Gasteiger partial charge in [0.25, 0.3) is 5.91 Å². The minimum Gasteiger partial charge on any atom is -0.350 e. The lowest BCUT2D eigenvalue weighted by molar-refractivity contribution is 0.0936. The molecule has 5 nitrogen and oxygen atoms in total. The summed E-state index contributed by atoms with van der Waals surface area (Å²) >= 11 is 1.69. The van der Waals surface area contributed by atoms with Crippen molar-refractivity contribution in [3.8, 4) is 0 Å². The summed E-state index contributed by atoms with van der Waals surface area (Å²) in [6.45, 7) is 6.78. The zero-order valence-electron chi connectivity index (χ0n) is 14.0. The molecule has 2 N–H and O–H groups in total. The highest BCUT2D eigenvalue weighted by Gasteiger charge is 2.20. The first kappa shape index (κ1) is 16.7. The van der Waals surface area contributed by atoms with Crippen LogP contribution in [0.15, 0.2) is 41.2 Å². The number of nitrogens with one attached hydrogen (secondary N) is 2. The van der Waals surface area contributed by atoms with Crippen molar-refractivity contribution < 1.29 is 4.79 Å². The predicted octanol–water partition coefficient (Wildman–Crippen LogP) is 3.44. The van der Waals surface area contributed by atoms with Crippen molar-refractivity contribution in [1.82, 2.24) is 20.4 Å². The monoisotopic (exact) mass is 342 g/mol. The summed E-state index contributed by atoms with van der Waals surface area (Å²) in [5, 5.41) is 15.2. The van der Waals surface area contributed by atoms with Crippen LogP contribution in [0.25, 0.3) is 10.9 Å². The molecular formula is C18H22N4OS. The van der Waals surface area contributed by atoms with Crippen LogP contribution in [0.5, 0.6) is 0 Å². The van der Waals surface area contributed by atoms with E-state index in [1.807, 2.05) is 18.2 Å². The van der Waals surface area contributed by atoms with Gasteiger partial charge in [0, 0.05) is 11.9 Å². The molecule has 1 amide bonds. The Balaban J connectivity index is 1.77. The first-order chi connectivity index (χ1) is 11.7. The molecule has 2 aromatic heterocycles. The fraction of sp³-hybridized carbons (Fsp3) is 0.333. The summed E-state index contributed by atoms with van der Waals surface area (Å²) in [7, 11) is 0. The SMILES string of the molecule is CCN(CC)[C@H](CNC(=O)c1cccc2cn[nH]c12)c1ccsc1. The maximum Gasteiger partial charge on any atom is 0.253 e. The fourth-order valence-corrected chi connectivity index (χ4v) is 3.74. The average molecular weight is 342 g/mol. The van der Waals surface area contributed by atoms with E-state index in [1.54, 1.807) is 17.5 Å². The summed E-state index contributed by atoms with van der Waals surface area (Å²) in [5.41, 5.74) is 2.67. The Morgan fingerprint density at radius 3 is 2.88 bits per heavy atom. The fourth-order valence-electron chi connectivity index (χ4n) is 3.03. The number of carbonyl (C=O) groups is 1. The molecule has 0 saturated carbocycles. The highest BCUT2D eigenvalue weighted by atomic mass is 32.1. The molecule has 1 aromatic carbocycles. The number of aromatic nitrogens is 2. The highest BCUT2D eigenvalue weighted by molar-refractivity contribution is 7.07. The van der Waals surface area contributed by atoms with Gasteiger partial charge in [0.05, 0.1) is 23.3 Å². The second kappa shape index (κ2) is 7.59. The zero-order chi connectivity index (χ0) is 16.9. The third-order valence-corrected chi connectivity index (χ3v) is 5.06. The van der Waals surface area contributed by atoms with Gasteiger partial charge in [-0.1, -0.05) is 26.0 Å². The number of rotatable bonds is 7. The van der Waals surface area contributed by atoms with Gasteiger partial charge in [0.2, 0.25) is 0 Å². The molecule has 0 spiro atoms. The van der Waals surface area contributed by atoms with Crippen LogP contribution in [0.2, 0.25) is 0 Å². The molecule has 0 fully saturated rings. The highest BCUT2D eigenvalue weighted by Crippen LogP contribution is 2.22. The van der Waals surface area contributed by atoms with E-state index in [1.165, 1.54) is 5.56 Å². The van der Waals surface area contributed by atoms with E-state index in [-0.39, 0.29) is 11.9 Å². The van der Waals surface area contributed by atoms with E-state index in [4.69, 9.17) is 0 Å². The lowest BCUT2D eigenvalue weighted by Crippen LogP contribution is -2.38. The largest absolute Gasteiger partial charge is 0.350 e. The number of fused-ring (bicyclic) bond motifs is 1. The van der Waals surface area contributed by atoms with Gasteiger partial charge in [-0.05, 0) is 41.5 Å².